The molecule has 2 amide bonds. The number of hydrogen-bond acceptors (Lipinski definition) is 3. The minimum Gasteiger partial charge on any atom is -0.343 e. The largest absolute Gasteiger partial charge is 0.343 e. The van der Waals surface area contributed by atoms with E-state index < -0.39 is 0 Å². The second kappa shape index (κ2) is 6.72. The van der Waals surface area contributed by atoms with Crippen LogP contribution in [0.15, 0.2) is 12.3 Å². The average molecular weight is 318 g/mol. The van der Waals surface area contributed by atoms with Crippen molar-refractivity contribution in [1.82, 2.24) is 19.6 Å². The molecule has 2 aliphatic heterocycles. The van der Waals surface area contributed by atoms with Gasteiger partial charge in [0, 0.05) is 45.8 Å². The molecule has 6 nitrogen and oxygen atoms in total. The molecule has 126 valence electrons. The molecule has 0 bridgehead atoms. The molecule has 0 N–H and O–H groups in total. The molecule has 1 atom stereocenters. The van der Waals surface area contributed by atoms with E-state index in [9.17, 15) is 9.59 Å². The predicted octanol–water partition coefficient (Wildman–Crippen LogP) is 1.62. The van der Waals surface area contributed by atoms with Gasteiger partial charge in [0.2, 0.25) is 5.91 Å². The Morgan fingerprint density at radius 3 is 2.39 bits per heavy atom. The lowest BCUT2D eigenvalue weighted by molar-refractivity contribution is -0.130. The number of piperidine rings is 1. The van der Waals surface area contributed by atoms with Gasteiger partial charge >= 0.3 is 0 Å². The van der Waals surface area contributed by atoms with E-state index in [1.165, 1.54) is 0 Å². The van der Waals surface area contributed by atoms with Crippen molar-refractivity contribution in [3.63, 3.8) is 0 Å². The normalized spacial score (nSPS) is 22.6. The van der Waals surface area contributed by atoms with E-state index in [0.717, 1.165) is 52.0 Å². The molecule has 3 rings (SSSR count). The highest BCUT2D eigenvalue weighted by Gasteiger charge is 2.34. The highest BCUT2D eigenvalue weighted by molar-refractivity contribution is 5.92. The van der Waals surface area contributed by atoms with Gasteiger partial charge in [0.1, 0.15) is 5.69 Å². The number of nitrogens with zero attached hydrogens (tertiary/aromatic N) is 4. The van der Waals surface area contributed by atoms with Crippen LogP contribution in [0.2, 0.25) is 0 Å². The zero-order chi connectivity index (χ0) is 16.4. The van der Waals surface area contributed by atoms with Crippen LogP contribution in [-0.2, 0) is 11.3 Å². The molecule has 2 aliphatic rings. The molecule has 0 saturated carbocycles. The molecule has 2 saturated heterocycles. The second-order valence-electron chi connectivity index (χ2n) is 6.70. The summed E-state index contributed by atoms with van der Waals surface area (Å²) in [4.78, 5) is 27.8. The third kappa shape index (κ3) is 3.41. The summed E-state index contributed by atoms with van der Waals surface area (Å²) in [6.07, 6.45) is 5.07. The molecule has 0 aliphatic carbocycles. The summed E-state index contributed by atoms with van der Waals surface area (Å²) in [6, 6.07) is 1.81. The van der Waals surface area contributed by atoms with E-state index in [1.54, 1.807) is 11.6 Å². The number of carbonyl (C=O) groups excluding carboxylic acids is 2. The average Bonchev–Trinajstić information content (AvgIpc) is 3.23. The Balaban J connectivity index is 1.54. The predicted molar refractivity (Wildman–Crippen MR) is 86.9 cm³/mol. The van der Waals surface area contributed by atoms with Gasteiger partial charge in [0.05, 0.1) is 0 Å². The molecule has 1 aromatic rings. The van der Waals surface area contributed by atoms with Crippen LogP contribution < -0.4 is 0 Å². The topological polar surface area (TPSA) is 58.4 Å². The SMILES string of the molecule is CCn1ccc(C(=O)N2CCC(C3CCN(C(C)=O)CC3)C2)n1. The molecule has 0 radical (unpaired) electrons. The number of amides is 2. The summed E-state index contributed by atoms with van der Waals surface area (Å²) in [5.41, 5.74) is 0.555. The van der Waals surface area contributed by atoms with E-state index in [-0.39, 0.29) is 11.8 Å². The van der Waals surface area contributed by atoms with Crippen molar-refractivity contribution in [2.24, 2.45) is 11.8 Å². The van der Waals surface area contributed by atoms with Gasteiger partial charge in [-0.15, -0.1) is 0 Å². The maximum atomic E-state index is 12.5. The minimum atomic E-state index is 0.0564. The minimum absolute atomic E-state index is 0.0564. The van der Waals surface area contributed by atoms with Crippen molar-refractivity contribution in [1.29, 1.82) is 0 Å². The first-order valence-corrected chi connectivity index (χ1v) is 8.66. The summed E-state index contributed by atoms with van der Waals surface area (Å²) in [5, 5.41) is 4.32. The zero-order valence-electron chi connectivity index (χ0n) is 14.1. The lowest BCUT2D eigenvalue weighted by Gasteiger charge is -2.34. The summed E-state index contributed by atoms with van der Waals surface area (Å²) >= 11 is 0. The smallest absolute Gasteiger partial charge is 0.274 e. The van der Waals surface area contributed by atoms with Gasteiger partial charge in [-0.25, -0.2) is 0 Å². The fraction of sp³-hybridized carbons (Fsp3) is 0.706. The third-order valence-corrected chi connectivity index (χ3v) is 5.35. The number of aryl methyl sites for hydroxylation is 1. The molecule has 1 aromatic heterocycles. The van der Waals surface area contributed by atoms with E-state index in [1.807, 2.05) is 29.0 Å². The van der Waals surface area contributed by atoms with E-state index >= 15 is 0 Å². The van der Waals surface area contributed by atoms with Crippen molar-refractivity contribution >= 4 is 11.8 Å². The Labute approximate surface area is 137 Å². The highest BCUT2D eigenvalue weighted by Crippen LogP contribution is 2.32. The number of rotatable bonds is 3. The third-order valence-electron chi connectivity index (χ3n) is 5.35. The van der Waals surface area contributed by atoms with Crippen molar-refractivity contribution in [3.05, 3.63) is 18.0 Å². The van der Waals surface area contributed by atoms with Crippen LogP contribution in [-0.4, -0.2) is 57.6 Å². The van der Waals surface area contributed by atoms with Crippen molar-refractivity contribution in [2.45, 2.75) is 39.7 Å². The number of carbonyl (C=O) groups is 2. The maximum absolute atomic E-state index is 12.5. The van der Waals surface area contributed by atoms with Crippen LogP contribution in [0.1, 0.15) is 43.6 Å². The molecule has 1 unspecified atom stereocenters. The molecular weight excluding hydrogens is 292 g/mol. The van der Waals surface area contributed by atoms with Gasteiger partial charge in [-0.05, 0) is 44.1 Å². The Bertz CT molecular complexity index is 575. The van der Waals surface area contributed by atoms with Crippen LogP contribution >= 0.6 is 0 Å². The Morgan fingerprint density at radius 2 is 1.78 bits per heavy atom. The standard InChI is InChI=1S/C17H26N4O2/c1-3-21-11-7-16(18-21)17(23)20-10-6-15(12-20)14-4-8-19(9-5-14)13(2)22/h7,11,14-15H,3-6,8-10,12H2,1-2H3. The van der Waals surface area contributed by atoms with E-state index in [4.69, 9.17) is 0 Å². The van der Waals surface area contributed by atoms with Crippen LogP contribution in [0.5, 0.6) is 0 Å². The molecule has 6 heteroatoms. The number of hydrogen-bond donors (Lipinski definition) is 0. The molecule has 0 aromatic carbocycles. The Hall–Kier alpha value is -1.85. The van der Waals surface area contributed by atoms with E-state index in [0.29, 0.717) is 17.5 Å². The summed E-state index contributed by atoms with van der Waals surface area (Å²) in [6.45, 7) is 7.84. The summed E-state index contributed by atoms with van der Waals surface area (Å²) < 4.78 is 1.79. The van der Waals surface area contributed by atoms with Crippen LogP contribution in [0.4, 0.5) is 0 Å². The zero-order valence-corrected chi connectivity index (χ0v) is 14.1. The van der Waals surface area contributed by atoms with Crippen molar-refractivity contribution in [3.8, 4) is 0 Å². The second-order valence-corrected chi connectivity index (χ2v) is 6.70. The molecule has 23 heavy (non-hydrogen) atoms. The number of likely N-dealkylation sites (tertiary alicyclic amines) is 2. The monoisotopic (exact) mass is 318 g/mol. The first kappa shape index (κ1) is 16.0. The van der Waals surface area contributed by atoms with E-state index in [2.05, 4.69) is 5.10 Å². The summed E-state index contributed by atoms with van der Waals surface area (Å²) in [5.74, 6) is 1.44. The Morgan fingerprint density at radius 1 is 1.13 bits per heavy atom. The maximum Gasteiger partial charge on any atom is 0.274 e. The first-order valence-electron chi connectivity index (χ1n) is 8.66. The van der Waals surface area contributed by atoms with Crippen LogP contribution in [0.3, 0.4) is 0 Å². The van der Waals surface area contributed by atoms with Gasteiger partial charge < -0.3 is 9.80 Å². The quantitative estimate of drug-likeness (QED) is 0.851. The van der Waals surface area contributed by atoms with Crippen molar-refractivity contribution in [2.75, 3.05) is 26.2 Å². The van der Waals surface area contributed by atoms with Gasteiger partial charge in [0.15, 0.2) is 0 Å². The van der Waals surface area contributed by atoms with Gasteiger partial charge in [-0.1, -0.05) is 0 Å². The van der Waals surface area contributed by atoms with Crippen LogP contribution in [0, 0.1) is 11.8 Å². The van der Waals surface area contributed by atoms with Crippen molar-refractivity contribution < 1.29 is 9.59 Å². The van der Waals surface area contributed by atoms with Gasteiger partial charge in [-0.3, -0.25) is 14.3 Å². The fourth-order valence-electron chi connectivity index (χ4n) is 3.86. The lowest BCUT2D eigenvalue weighted by atomic mass is 9.84. The number of aromatic nitrogens is 2. The van der Waals surface area contributed by atoms with Gasteiger partial charge in [-0.2, -0.15) is 5.10 Å². The summed E-state index contributed by atoms with van der Waals surface area (Å²) in [7, 11) is 0. The molecular formula is C17H26N4O2. The fourth-order valence-corrected chi connectivity index (χ4v) is 3.86. The van der Waals surface area contributed by atoms with Gasteiger partial charge in [0.25, 0.3) is 5.91 Å². The van der Waals surface area contributed by atoms with Crippen LogP contribution in [0.25, 0.3) is 0 Å². The molecule has 2 fully saturated rings. The lowest BCUT2D eigenvalue weighted by Crippen LogP contribution is -2.39. The molecule has 3 heterocycles. The first-order chi connectivity index (χ1) is 11.1. The Kier molecular flexibility index (Phi) is 4.68. The molecule has 0 spiro atoms. The highest BCUT2D eigenvalue weighted by atomic mass is 16.2.